The molecule has 7 unspecified atom stereocenters. The van der Waals surface area contributed by atoms with Crippen molar-refractivity contribution in [2.24, 2.45) is 45.8 Å². The fourth-order valence-electron chi connectivity index (χ4n) is 8.11. The van der Waals surface area contributed by atoms with E-state index >= 15 is 0 Å². The van der Waals surface area contributed by atoms with Crippen molar-refractivity contribution in [3.63, 3.8) is 0 Å². The van der Waals surface area contributed by atoms with Crippen molar-refractivity contribution in [3.05, 3.63) is 11.6 Å². The number of aliphatic carboxylic acids is 1. The predicted molar refractivity (Wildman–Crippen MR) is 112 cm³/mol. The minimum atomic E-state index is -1.28. The fourth-order valence-corrected chi connectivity index (χ4v) is 8.11. The molecule has 1 amide bonds. The van der Waals surface area contributed by atoms with Crippen LogP contribution in [0.25, 0.3) is 0 Å². The summed E-state index contributed by atoms with van der Waals surface area (Å²) in [5.41, 5.74) is -2.07. The van der Waals surface area contributed by atoms with Gasteiger partial charge in [0.25, 0.3) is 0 Å². The van der Waals surface area contributed by atoms with Crippen molar-refractivity contribution in [1.29, 1.82) is 0 Å². The summed E-state index contributed by atoms with van der Waals surface area (Å²) < 4.78 is 5.70. The lowest BCUT2D eigenvalue weighted by Gasteiger charge is -2.58. The highest BCUT2D eigenvalue weighted by Crippen LogP contribution is 2.82. The molecule has 30 heavy (non-hydrogen) atoms. The van der Waals surface area contributed by atoms with Gasteiger partial charge in [-0.2, -0.15) is 0 Å². The van der Waals surface area contributed by atoms with Crippen molar-refractivity contribution in [3.8, 4) is 0 Å². The first kappa shape index (κ1) is 21.4. The summed E-state index contributed by atoms with van der Waals surface area (Å²) >= 11 is 0. The van der Waals surface area contributed by atoms with Gasteiger partial charge in [-0.1, -0.05) is 45.8 Å². The molecule has 0 aromatic carbocycles. The Morgan fingerprint density at radius 1 is 1.33 bits per heavy atom. The molecule has 7 atom stereocenters. The number of allylic oxidation sites excluding steroid dienone is 1. The first-order chi connectivity index (χ1) is 14.2. The number of carboxylic acids is 1. The average molecular weight is 418 g/mol. The minimum Gasteiger partial charge on any atom is -0.481 e. The molecule has 0 aliphatic heterocycles. The lowest BCUT2D eigenvalue weighted by atomic mass is 9.43. The molecule has 2 N–H and O–H groups in total. The van der Waals surface area contributed by atoms with Gasteiger partial charge in [-0.3, -0.25) is 4.79 Å². The summed E-state index contributed by atoms with van der Waals surface area (Å²) in [5, 5.41) is 13.5. The van der Waals surface area contributed by atoms with Gasteiger partial charge in [0, 0.05) is 12.0 Å². The zero-order valence-electron chi connectivity index (χ0n) is 18.6. The SMILES string of the molecule is CCCNC(=O)OCC12CC3C(C)CCC3C3(C=O)CC1C=C(C(C)C)C32C(=O)O. The van der Waals surface area contributed by atoms with Crippen LogP contribution in [0.2, 0.25) is 0 Å². The smallest absolute Gasteiger partial charge is 0.407 e. The molecule has 4 rings (SSSR count). The number of alkyl carbamates (subject to hydrolysis) is 1. The summed E-state index contributed by atoms with van der Waals surface area (Å²) in [6.45, 7) is 8.80. The Hall–Kier alpha value is -1.85. The highest BCUT2D eigenvalue weighted by molar-refractivity contribution is 5.90. The van der Waals surface area contributed by atoms with Crippen LogP contribution in [-0.4, -0.2) is 36.6 Å². The van der Waals surface area contributed by atoms with Gasteiger partial charge in [0.1, 0.15) is 18.3 Å². The maximum atomic E-state index is 13.2. The van der Waals surface area contributed by atoms with Crippen LogP contribution in [-0.2, 0) is 14.3 Å². The number of hydrogen-bond acceptors (Lipinski definition) is 4. The molecule has 0 aromatic heterocycles. The number of ether oxygens (including phenoxy) is 1. The van der Waals surface area contributed by atoms with E-state index in [0.717, 1.165) is 31.1 Å². The zero-order valence-corrected chi connectivity index (χ0v) is 18.6. The van der Waals surface area contributed by atoms with E-state index < -0.39 is 28.3 Å². The molecule has 0 heterocycles. The Morgan fingerprint density at radius 2 is 2.07 bits per heavy atom. The maximum absolute atomic E-state index is 13.2. The molecule has 6 heteroatoms. The maximum Gasteiger partial charge on any atom is 0.407 e. The number of fused-ring (bicyclic) bond motifs is 2. The quantitative estimate of drug-likeness (QED) is 0.482. The van der Waals surface area contributed by atoms with E-state index in [1.165, 1.54) is 0 Å². The monoisotopic (exact) mass is 417 g/mol. The van der Waals surface area contributed by atoms with Crippen molar-refractivity contribution < 1.29 is 24.2 Å². The van der Waals surface area contributed by atoms with Gasteiger partial charge in [-0.05, 0) is 55.3 Å². The lowest BCUT2D eigenvalue weighted by Crippen LogP contribution is -2.63. The molecule has 0 aromatic rings. The van der Waals surface area contributed by atoms with Crippen LogP contribution >= 0.6 is 0 Å². The second-order valence-corrected chi connectivity index (χ2v) is 10.5. The Kier molecular flexibility index (Phi) is 5.06. The van der Waals surface area contributed by atoms with E-state index in [1.807, 2.05) is 20.8 Å². The molecule has 3 fully saturated rings. The lowest BCUT2D eigenvalue weighted by molar-refractivity contribution is -0.184. The van der Waals surface area contributed by atoms with Crippen LogP contribution in [0.15, 0.2) is 11.6 Å². The summed E-state index contributed by atoms with van der Waals surface area (Å²) in [7, 11) is 0. The zero-order chi connectivity index (χ0) is 21.9. The normalized spacial score (nSPS) is 43.3. The van der Waals surface area contributed by atoms with Gasteiger partial charge in [-0.25, -0.2) is 4.79 Å². The first-order valence-electron chi connectivity index (χ1n) is 11.5. The largest absolute Gasteiger partial charge is 0.481 e. The van der Waals surface area contributed by atoms with Crippen LogP contribution in [0, 0.1) is 45.8 Å². The average Bonchev–Trinajstić information content (AvgIpc) is 3.28. The van der Waals surface area contributed by atoms with Gasteiger partial charge in [0.15, 0.2) is 0 Å². The highest BCUT2D eigenvalue weighted by atomic mass is 16.5. The third-order valence-corrected chi connectivity index (χ3v) is 9.10. The van der Waals surface area contributed by atoms with Crippen LogP contribution in [0.1, 0.15) is 59.8 Å². The van der Waals surface area contributed by atoms with E-state index in [1.54, 1.807) is 0 Å². The number of rotatable bonds is 7. The molecule has 0 spiro atoms. The molecule has 4 aliphatic rings. The van der Waals surface area contributed by atoms with Crippen LogP contribution in [0.3, 0.4) is 0 Å². The van der Waals surface area contributed by atoms with Crippen molar-refractivity contribution in [1.82, 2.24) is 5.32 Å². The molecule has 4 aliphatic carbocycles. The highest BCUT2D eigenvalue weighted by Gasteiger charge is 2.84. The Balaban J connectivity index is 1.84. The number of amides is 1. The van der Waals surface area contributed by atoms with Gasteiger partial charge in [0.05, 0.1) is 5.41 Å². The van der Waals surface area contributed by atoms with Crippen LogP contribution in [0.4, 0.5) is 4.79 Å². The minimum absolute atomic E-state index is 0.0226. The molecule has 166 valence electrons. The van der Waals surface area contributed by atoms with E-state index in [4.69, 9.17) is 4.74 Å². The summed E-state index contributed by atoms with van der Waals surface area (Å²) in [6, 6.07) is 0. The van der Waals surface area contributed by atoms with E-state index in [2.05, 4.69) is 18.3 Å². The first-order valence-corrected chi connectivity index (χ1v) is 11.5. The Labute approximate surface area is 178 Å². The third kappa shape index (κ3) is 2.34. The number of carbonyl (C=O) groups excluding carboxylic acids is 2. The summed E-state index contributed by atoms with van der Waals surface area (Å²) in [5.74, 6) is -0.0910. The topological polar surface area (TPSA) is 92.7 Å². The summed E-state index contributed by atoms with van der Waals surface area (Å²) in [6.07, 6.45) is 6.63. The number of carbonyl (C=O) groups is 3. The second-order valence-electron chi connectivity index (χ2n) is 10.5. The number of carboxylic acid groups (broad SMARTS) is 1. The van der Waals surface area contributed by atoms with Gasteiger partial charge in [-0.15, -0.1) is 0 Å². The number of nitrogens with one attached hydrogen (secondary N) is 1. The fraction of sp³-hybridized carbons (Fsp3) is 0.792. The predicted octanol–water partition coefficient (Wildman–Crippen LogP) is 4.05. The third-order valence-electron chi connectivity index (χ3n) is 9.10. The van der Waals surface area contributed by atoms with Crippen molar-refractivity contribution in [2.45, 2.75) is 59.8 Å². The van der Waals surface area contributed by atoms with E-state index in [9.17, 15) is 19.5 Å². The van der Waals surface area contributed by atoms with Gasteiger partial charge < -0.3 is 20.0 Å². The Morgan fingerprint density at radius 3 is 2.67 bits per heavy atom. The van der Waals surface area contributed by atoms with E-state index in [0.29, 0.717) is 31.2 Å². The molecule has 6 nitrogen and oxygen atoms in total. The number of hydrogen-bond donors (Lipinski definition) is 2. The number of aldehydes is 1. The van der Waals surface area contributed by atoms with Crippen LogP contribution < -0.4 is 5.32 Å². The Bertz CT molecular complexity index is 790. The molecule has 4 bridgehead atoms. The van der Waals surface area contributed by atoms with Gasteiger partial charge >= 0.3 is 12.1 Å². The molecule has 3 saturated carbocycles. The van der Waals surface area contributed by atoms with Crippen molar-refractivity contribution in [2.75, 3.05) is 13.2 Å². The second kappa shape index (κ2) is 7.10. The molecule has 0 saturated heterocycles. The standard InChI is InChI=1S/C24H35NO5/c1-5-8-25-21(29)30-13-23-11-17-15(4)6-7-18(17)22(12-26)10-16(23)9-19(14(2)3)24(22,23)20(27)28/h9,12,14-18H,5-8,10-11,13H2,1-4H3,(H,25,29)(H,27,28). The molecular formula is C24H35NO5. The van der Waals surface area contributed by atoms with Gasteiger partial charge in [0.2, 0.25) is 0 Å². The molecular weight excluding hydrogens is 382 g/mol. The van der Waals surface area contributed by atoms with Crippen LogP contribution in [0.5, 0.6) is 0 Å². The van der Waals surface area contributed by atoms with E-state index in [-0.39, 0.29) is 24.4 Å². The molecule has 0 radical (unpaired) electrons. The van der Waals surface area contributed by atoms with Crippen molar-refractivity contribution >= 4 is 18.3 Å². The summed E-state index contributed by atoms with van der Waals surface area (Å²) in [4.78, 5) is 38.4.